The molecule has 2 heterocycles. The third-order valence-electron chi connectivity index (χ3n) is 5.05. The van der Waals surface area contributed by atoms with Gasteiger partial charge in [0, 0.05) is 32.7 Å². The van der Waals surface area contributed by atoms with Crippen LogP contribution in [0, 0.1) is 6.92 Å². The van der Waals surface area contributed by atoms with E-state index >= 15 is 0 Å². The Morgan fingerprint density at radius 2 is 1.66 bits per heavy atom. The van der Waals surface area contributed by atoms with Crippen LogP contribution in [0.5, 0.6) is 5.75 Å². The van der Waals surface area contributed by atoms with Crippen molar-refractivity contribution in [1.29, 1.82) is 0 Å². The van der Waals surface area contributed by atoms with Crippen molar-refractivity contribution >= 4 is 17.2 Å². The topological polar surface area (TPSA) is 45.7 Å². The minimum atomic E-state index is 0.0883. The lowest BCUT2D eigenvalue weighted by Crippen LogP contribution is -2.48. The molecule has 1 aliphatic heterocycles. The predicted molar refractivity (Wildman–Crippen MR) is 115 cm³/mol. The number of para-hydroxylation sites is 1. The summed E-state index contributed by atoms with van der Waals surface area (Å²) in [6, 6.07) is 20.1. The lowest BCUT2D eigenvalue weighted by molar-refractivity contribution is 0.0632. The van der Waals surface area contributed by atoms with E-state index in [1.807, 2.05) is 48.2 Å². The SMILES string of the molecule is Cc1nc(COc2ccccc2)sc1C(=O)N1CCN(Cc2ccccc2)CC1. The van der Waals surface area contributed by atoms with E-state index < -0.39 is 0 Å². The Morgan fingerprint density at radius 3 is 2.34 bits per heavy atom. The number of carbonyl (C=O) groups is 1. The van der Waals surface area contributed by atoms with E-state index in [-0.39, 0.29) is 5.91 Å². The molecule has 0 bridgehead atoms. The predicted octanol–water partition coefficient (Wildman–Crippen LogP) is 3.99. The first-order chi connectivity index (χ1) is 14.2. The van der Waals surface area contributed by atoms with Gasteiger partial charge in [0.2, 0.25) is 0 Å². The largest absolute Gasteiger partial charge is 0.486 e. The standard InChI is InChI=1S/C23H25N3O2S/c1-18-22(29-21(24-18)17-28-20-10-6-3-7-11-20)23(27)26-14-12-25(13-15-26)16-19-8-4-2-5-9-19/h2-11H,12-17H2,1H3. The Balaban J connectivity index is 1.32. The molecule has 1 aromatic heterocycles. The van der Waals surface area contributed by atoms with Crippen molar-refractivity contribution in [3.63, 3.8) is 0 Å². The van der Waals surface area contributed by atoms with Gasteiger partial charge in [0.25, 0.3) is 5.91 Å². The first-order valence-corrected chi connectivity index (χ1v) is 10.7. The van der Waals surface area contributed by atoms with Crippen LogP contribution in [-0.2, 0) is 13.2 Å². The summed E-state index contributed by atoms with van der Waals surface area (Å²) in [6.07, 6.45) is 0. The summed E-state index contributed by atoms with van der Waals surface area (Å²) in [7, 11) is 0. The van der Waals surface area contributed by atoms with E-state index in [4.69, 9.17) is 4.74 Å². The Bertz CT molecular complexity index is 935. The van der Waals surface area contributed by atoms with E-state index in [1.54, 1.807) is 0 Å². The second-order valence-electron chi connectivity index (χ2n) is 7.18. The number of aromatic nitrogens is 1. The summed E-state index contributed by atoms with van der Waals surface area (Å²) in [5, 5.41) is 0.831. The number of aryl methyl sites for hydroxylation is 1. The molecule has 2 aromatic carbocycles. The summed E-state index contributed by atoms with van der Waals surface area (Å²) < 4.78 is 5.77. The molecular formula is C23H25N3O2S. The van der Waals surface area contributed by atoms with Crippen molar-refractivity contribution in [2.24, 2.45) is 0 Å². The smallest absolute Gasteiger partial charge is 0.265 e. The summed E-state index contributed by atoms with van der Waals surface area (Å²) >= 11 is 1.44. The highest BCUT2D eigenvalue weighted by atomic mass is 32.1. The molecule has 0 radical (unpaired) electrons. The summed E-state index contributed by atoms with van der Waals surface area (Å²) in [4.78, 5) is 22.6. The zero-order valence-electron chi connectivity index (χ0n) is 16.6. The first-order valence-electron chi connectivity index (χ1n) is 9.89. The van der Waals surface area contributed by atoms with Crippen LogP contribution >= 0.6 is 11.3 Å². The lowest BCUT2D eigenvalue weighted by Gasteiger charge is -2.34. The number of carbonyl (C=O) groups excluding carboxylic acids is 1. The fourth-order valence-electron chi connectivity index (χ4n) is 3.47. The molecule has 0 spiro atoms. The van der Waals surface area contributed by atoms with Crippen molar-refractivity contribution in [2.75, 3.05) is 26.2 Å². The van der Waals surface area contributed by atoms with Crippen molar-refractivity contribution in [2.45, 2.75) is 20.1 Å². The number of ether oxygens (including phenoxy) is 1. The number of thiazole rings is 1. The molecule has 0 saturated carbocycles. The maximum absolute atomic E-state index is 13.0. The minimum Gasteiger partial charge on any atom is -0.486 e. The van der Waals surface area contributed by atoms with Crippen LogP contribution in [0.3, 0.4) is 0 Å². The number of rotatable bonds is 6. The normalized spacial score (nSPS) is 14.7. The highest BCUT2D eigenvalue weighted by Crippen LogP contribution is 2.22. The van der Waals surface area contributed by atoms with Gasteiger partial charge in [-0.2, -0.15) is 0 Å². The number of benzene rings is 2. The van der Waals surface area contributed by atoms with Crippen LogP contribution in [0.2, 0.25) is 0 Å². The molecular weight excluding hydrogens is 382 g/mol. The van der Waals surface area contributed by atoms with Crippen molar-refractivity contribution in [3.05, 3.63) is 81.8 Å². The number of piperazine rings is 1. The van der Waals surface area contributed by atoms with Crippen molar-refractivity contribution in [3.8, 4) is 5.75 Å². The number of nitrogens with zero attached hydrogens (tertiary/aromatic N) is 3. The number of hydrogen-bond acceptors (Lipinski definition) is 5. The van der Waals surface area contributed by atoms with Crippen molar-refractivity contribution < 1.29 is 9.53 Å². The van der Waals surface area contributed by atoms with Gasteiger partial charge in [-0.15, -0.1) is 11.3 Å². The number of amides is 1. The average molecular weight is 408 g/mol. The first kappa shape index (κ1) is 19.6. The summed E-state index contributed by atoms with van der Waals surface area (Å²) in [6.45, 7) is 6.50. The maximum Gasteiger partial charge on any atom is 0.265 e. The fraction of sp³-hybridized carbons (Fsp3) is 0.304. The van der Waals surface area contributed by atoms with Crippen LogP contribution in [0.25, 0.3) is 0 Å². The molecule has 6 heteroatoms. The molecule has 0 atom stereocenters. The number of hydrogen-bond donors (Lipinski definition) is 0. The third kappa shape index (κ3) is 5.02. The third-order valence-corrected chi connectivity index (χ3v) is 6.17. The van der Waals surface area contributed by atoms with E-state index in [0.717, 1.165) is 54.1 Å². The van der Waals surface area contributed by atoms with E-state index in [0.29, 0.717) is 6.61 Å². The Morgan fingerprint density at radius 1 is 1.00 bits per heavy atom. The van der Waals surface area contributed by atoms with Gasteiger partial charge in [0.05, 0.1) is 5.69 Å². The molecule has 0 aliphatic carbocycles. The molecule has 1 fully saturated rings. The van der Waals surface area contributed by atoms with E-state index in [2.05, 4.69) is 34.1 Å². The van der Waals surface area contributed by atoms with Crippen LogP contribution in [0.15, 0.2) is 60.7 Å². The highest BCUT2D eigenvalue weighted by molar-refractivity contribution is 7.13. The molecule has 5 nitrogen and oxygen atoms in total. The van der Waals surface area contributed by atoms with Gasteiger partial charge in [-0.1, -0.05) is 48.5 Å². The van der Waals surface area contributed by atoms with Gasteiger partial charge in [-0.05, 0) is 24.6 Å². The second kappa shape index (κ2) is 9.20. The van der Waals surface area contributed by atoms with Gasteiger partial charge in [-0.3, -0.25) is 9.69 Å². The molecule has 1 aliphatic rings. The molecule has 150 valence electrons. The van der Waals surface area contributed by atoms with Gasteiger partial charge < -0.3 is 9.64 Å². The van der Waals surface area contributed by atoms with Crippen LogP contribution < -0.4 is 4.74 Å². The molecule has 1 saturated heterocycles. The van der Waals surface area contributed by atoms with Crippen LogP contribution in [0.4, 0.5) is 0 Å². The zero-order chi connectivity index (χ0) is 20.1. The maximum atomic E-state index is 13.0. The Kier molecular flexibility index (Phi) is 6.22. The van der Waals surface area contributed by atoms with Gasteiger partial charge >= 0.3 is 0 Å². The molecule has 29 heavy (non-hydrogen) atoms. The lowest BCUT2D eigenvalue weighted by atomic mass is 10.2. The fourth-order valence-corrected chi connectivity index (χ4v) is 4.41. The molecule has 3 aromatic rings. The zero-order valence-corrected chi connectivity index (χ0v) is 17.4. The Labute approximate surface area is 175 Å². The van der Waals surface area contributed by atoms with Gasteiger partial charge in [0.15, 0.2) is 0 Å². The van der Waals surface area contributed by atoms with Gasteiger partial charge in [-0.25, -0.2) is 4.98 Å². The molecule has 0 N–H and O–H groups in total. The summed E-state index contributed by atoms with van der Waals surface area (Å²) in [5.41, 5.74) is 2.10. The highest BCUT2D eigenvalue weighted by Gasteiger charge is 2.25. The van der Waals surface area contributed by atoms with Gasteiger partial charge in [0.1, 0.15) is 22.2 Å². The second-order valence-corrected chi connectivity index (χ2v) is 8.26. The molecule has 0 unspecified atom stereocenters. The van der Waals surface area contributed by atoms with E-state index in [1.165, 1.54) is 16.9 Å². The minimum absolute atomic E-state index is 0.0883. The van der Waals surface area contributed by atoms with E-state index in [9.17, 15) is 4.79 Å². The monoisotopic (exact) mass is 407 g/mol. The van der Waals surface area contributed by atoms with Crippen LogP contribution in [0.1, 0.15) is 25.9 Å². The molecule has 1 amide bonds. The Hall–Kier alpha value is -2.70. The quantitative estimate of drug-likeness (QED) is 0.620. The average Bonchev–Trinajstić information content (AvgIpc) is 3.14. The summed E-state index contributed by atoms with van der Waals surface area (Å²) in [5.74, 6) is 0.896. The molecule has 4 rings (SSSR count). The van der Waals surface area contributed by atoms with Crippen molar-refractivity contribution in [1.82, 2.24) is 14.8 Å². The van der Waals surface area contributed by atoms with Crippen LogP contribution in [-0.4, -0.2) is 46.9 Å².